The molecule has 1 unspecified atom stereocenters. The Balaban J connectivity index is 1.61. The van der Waals surface area contributed by atoms with Crippen molar-refractivity contribution in [3.63, 3.8) is 0 Å². The molecule has 1 amide bonds. The molecular formula is C18H15FN4O2S. The molecule has 1 aromatic heterocycles. The van der Waals surface area contributed by atoms with Crippen molar-refractivity contribution in [1.29, 1.82) is 0 Å². The average Bonchev–Trinajstić information content (AvgIpc) is 3.14. The van der Waals surface area contributed by atoms with Crippen LogP contribution in [0.2, 0.25) is 0 Å². The summed E-state index contributed by atoms with van der Waals surface area (Å²) < 4.78 is 15.2. The van der Waals surface area contributed by atoms with E-state index in [2.05, 4.69) is 10.3 Å². The average molecular weight is 370 g/mol. The van der Waals surface area contributed by atoms with Crippen LogP contribution >= 0.6 is 11.8 Å². The number of carbonyl (C=O) groups excluding carboxylic acids is 1. The van der Waals surface area contributed by atoms with Gasteiger partial charge < -0.3 is 4.90 Å². The third-order valence-electron chi connectivity index (χ3n) is 4.30. The van der Waals surface area contributed by atoms with Gasteiger partial charge in [-0.3, -0.25) is 9.59 Å². The number of fused-ring (bicyclic) bond motifs is 1. The highest BCUT2D eigenvalue weighted by molar-refractivity contribution is 7.99. The van der Waals surface area contributed by atoms with E-state index in [-0.39, 0.29) is 23.8 Å². The first-order valence-electron chi connectivity index (χ1n) is 8.13. The van der Waals surface area contributed by atoms with Crippen LogP contribution in [0.25, 0.3) is 10.9 Å². The zero-order valence-corrected chi connectivity index (χ0v) is 14.5. The van der Waals surface area contributed by atoms with E-state index < -0.39 is 5.37 Å². The van der Waals surface area contributed by atoms with Crippen molar-refractivity contribution in [2.45, 2.75) is 11.9 Å². The standard InChI is InChI=1S/C18H15FN4O2S/c19-14-7-3-1-5-12(14)18-22(9-10-26-18)16(24)11-23-17(25)13-6-2-4-8-15(13)20-21-23/h1-8,18H,9-11H2. The van der Waals surface area contributed by atoms with Gasteiger partial charge in [0.1, 0.15) is 23.3 Å². The molecule has 1 aliphatic rings. The summed E-state index contributed by atoms with van der Waals surface area (Å²) >= 11 is 1.51. The molecule has 0 spiro atoms. The van der Waals surface area contributed by atoms with Gasteiger partial charge in [0.2, 0.25) is 5.91 Å². The van der Waals surface area contributed by atoms with Crippen LogP contribution in [-0.4, -0.2) is 38.1 Å². The van der Waals surface area contributed by atoms with Gasteiger partial charge in [-0.15, -0.1) is 16.9 Å². The van der Waals surface area contributed by atoms with Gasteiger partial charge in [0.25, 0.3) is 5.56 Å². The molecule has 8 heteroatoms. The third-order valence-corrected chi connectivity index (χ3v) is 5.54. The molecule has 26 heavy (non-hydrogen) atoms. The van der Waals surface area contributed by atoms with Gasteiger partial charge in [0, 0.05) is 17.9 Å². The molecule has 6 nitrogen and oxygen atoms in total. The molecule has 132 valence electrons. The molecule has 0 N–H and O–H groups in total. The highest BCUT2D eigenvalue weighted by Gasteiger charge is 2.32. The number of hydrogen-bond donors (Lipinski definition) is 0. The summed E-state index contributed by atoms with van der Waals surface area (Å²) in [6, 6.07) is 13.3. The van der Waals surface area contributed by atoms with E-state index in [1.165, 1.54) is 17.8 Å². The number of rotatable bonds is 3. The zero-order chi connectivity index (χ0) is 18.1. The minimum absolute atomic E-state index is 0.220. The molecule has 2 aromatic carbocycles. The van der Waals surface area contributed by atoms with Crippen molar-refractivity contribution in [1.82, 2.24) is 19.9 Å². The van der Waals surface area contributed by atoms with Crippen LogP contribution < -0.4 is 5.56 Å². The maximum atomic E-state index is 14.1. The van der Waals surface area contributed by atoms with Crippen molar-refractivity contribution < 1.29 is 9.18 Å². The molecule has 0 bridgehead atoms. The molecule has 1 atom stereocenters. The van der Waals surface area contributed by atoms with Gasteiger partial charge in [-0.2, -0.15) is 0 Å². The van der Waals surface area contributed by atoms with Gasteiger partial charge in [-0.1, -0.05) is 35.5 Å². The van der Waals surface area contributed by atoms with E-state index in [1.54, 1.807) is 47.4 Å². The first-order valence-corrected chi connectivity index (χ1v) is 9.18. The van der Waals surface area contributed by atoms with E-state index in [0.717, 1.165) is 4.68 Å². The normalized spacial score (nSPS) is 17.0. The number of aromatic nitrogens is 3. The Morgan fingerprint density at radius 2 is 1.96 bits per heavy atom. The van der Waals surface area contributed by atoms with Gasteiger partial charge in [-0.25, -0.2) is 9.07 Å². The van der Waals surface area contributed by atoms with E-state index in [1.807, 2.05) is 0 Å². The molecule has 2 heterocycles. The Kier molecular flexibility index (Phi) is 4.42. The van der Waals surface area contributed by atoms with Crippen LogP contribution in [0.15, 0.2) is 53.3 Å². The molecule has 4 rings (SSSR count). The van der Waals surface area contributed by atoms with Gasteiger partial charge in [0.05, 0.1) is 5.39 Å². The monoisotopic (exact) mass is 370 g/mol. The lowest BCUT2D eigenvalue weighted by Crippen LogP contribution is -2.37. The van der Waals surface area contributed by atoms with Crippen molar-refractivity contribution in [3.8, 4) is 0 Å². The quantitative estimate of drug-likeness (QED) is 0.707. The number of thioether (sulfide) groups is 1. The van der Waals surface area contributed by atoms with E-state index in [4.69, 9.17) is 0 Å². The Bertz CT molecular complexity index is 1040. The molecule has 3 aromatic rings. The summed E-state index contributed by atoms with van der Waals surface area (Å²) in [6.07, 6.45) is 0. The second kappa shape index (κ2) is 6.87. The van der Waals surface area contributed by atoms with Crippen molar-refractivity contribution in [3.05, 3.63) is 70.3 Å². The first kappa shape index (κ1) is 16.7. The Hall–Kier alpha value is -2.74. The van der Waals surface area contributed by atoms with Crippen LogP contribution in [0.4, 0.5) is 4.39 Å². The second-order valence-corrected chi connectivity index (χ2v) is 7.09. The van der Waals surface area contributed by atoms with E-state index in [0.29, 0.717) is 28.8 Å². The van der Waals surface area contributed by atoms with Crippen LogP contribution in [-0.2, 0) is 11.3 Å². The minimum atomic E-state index is -0.396. The fourth-order valence-electron chi connectivity index (χ4n) is 3.00. The van der Waals surface area contributed by atoms with Gasteiger partial charge in [-0.05, 0) is 18.2 Å². The minimum Gasteiger partial charge on any atom is -0.324 e. The maximum absolute atomic E-state index is 14.1. The number of amides is 1. The highest BCUT2D eigenvalue weighted by Crippen LogP contribution is 2.38. The van der Waals surface area contributed by atoms with Crippen LogP contribution in [0.1, 0.15) is 10.9 Å². The van der Waals surface area contributed by atoms with Crippen LogP contribution in [0.5, 0.6) is 0 Å². The number of carbonyl (C=O) groups is 1. The first-order chi connectivity index (χ1) is 12.6. The topological polar surface area (TPSA) is 68.1 Å². The number of halogens is 1. The van der Waals surface area contributed by atoms with E-state index >= 15 is 0 Å². The van der Waals surface area contributed by atoms with Crippen molar-refractivity contribution >= 4 is 28.6 Å². The van der Waals surface area contributed by atoms with Gasteiger partial charge in [0.15, 0.2) is 0 Å². The number of benzene rings is 2. The van der Waals surface area contributed by atoms with Crippen LogP contribution in [0, 0.1) is 5.82 Å². The smallest absolute Gasteiger partial charge is 0.278 e. The molecule has 1 fully saturated rings. The molecule has 0 saturated carbocycles. The lowest BCUT2D eigenvalue weighted by Gasteiger charge is -2.24. The summed E-state index contributed by atoms with van der Waals surface area (Å²) in [4.78, 5) is 26.9. The lowest BCUT2D eigenvalue weighted by molar-refractivity contribution is -0.132. The Morgan fingerprint density at radius 3 is 2.81 bits per heavy atom. The second-order valence-electron chi connectivity index (χ2n) is 5.90. The summed E-state index contributed by atoms with van der Waals surface area (Å²) in [5.41, 5.74) is 0.598. The predicted octanol–water partition coefficient (Wildman–Crippen LogP) is 2.20. The summed E-state index contributed by atoms with van der Waals surface area (Å²) in [5, 5.41) is 7.87. The van der Waals surface area contributed by atoms with Crippen molar-refractivity contribution in [2.75, 3.05) is 12.3 Å². The summed E-state index contributed by atoms with van der Waals surface area (Å²) in [7, 11) is 0. The molecule has 0 radical (unpaired) electrons. The number of nitrogens with zero attached hydrogens (tertiary/aromatic N) is 4. The Labute approximate surface area is 152 Å². The van der Waals surface area contributed by atoms with Crippen LogP contribution in [0.3, 0.4) is 0 Å². The van der Waals surface area contributed by atoms with Gasteiger partial charge >= 0.3 is 0 Å². The molecule has 1 saturated heterocycles. The summed E-state index contributed by atoms with van der Waals surface area (Å²) in [5.74, 6) is 0.0885. The third kappa shape index (κ3) is 2.96. The SMILES string of the molecule is O=C(Cn1nnc2ccccc2c1=O)N1CCSC1c1ccccc1F. The maximum Gasteiger partial charge on any atom is 0.278 e. The Morgan fingerprint density at radius 1 is 1.19 bits per heavy atom. The lowest BCUT2D eigenvalue weighted by atomic mass is 10.2. The predicted molar refractivity (Wildman–Crippen MR) is 97.1 cm³/mol. The largest absolute Gasteiger partial charge is 0.324 e. The summed E-state index contributed by atoms with van der Waals surface area (Å²) in [6.45, 7) is 0.278. The molecule has 0 aliphatic carbocycles. The zero-order valence-electron chi connectivity index (χ0n) is 13.7. The number of hydrogen-bond acceptors (Lipinski definition) is 5. The fraction of sp³-hybridized carbons (Fsp3) is 0.222. The highest BCUT2D eigenvalue weighted by atomic mass is 32.2. The van der Waals surface area contributed by atoms with E-state index in [9.17, 15) is 14.0 Å². The van der Waals surface area contributed by atoms with Crippen molar-refractivity contribution in [2.24, 2.45) is 0 Å². The fourth-order valence-corrected chi connectivity index (χ4v) is 4.30. The molecule has 1 aliphatic heterocycles. The molecular weight excluding hydrogens is 355 g/mol.